The minimum Gasteiger partial charge on any atom is -0.394 e. The van der Waals surface area contributed by atoms with Gasteiger partial charge in [-0.25, -0.2) is 0 Å². The van der Waals surface area contributed by atoms with E-state index in [0.29, 0.717) is 0 Å². The summed E-state index contributed by atoms with van der Waals surface area (Å²) in [6, 6.07) is -0.767. The van der Waals surface area contributed by atoms with Gasteiger partial charge in [0.05, 0.1) is 12.0 Å². The van der Waals surface area contributed by atoms with Crippen LogP contribution >= 0.6 is 13.5 Å². The summed E-state index contributed by atoms with van der Waals surface area (Å²) in [6.45, 7) is 0.424. The third-order valence-corrected chi connectivity index (χ3v) is 3.89. The van der Waals surface area contributed by atoms with Crippen LogP contribution in [0.4, 0.5) is 0 Å². The molecular formula is C12H25N3O3S. The molecule has 1 aliphatic heterocycles. The van der Waals surface area contributed by atoms with Crippen molar-refractivity contribution in [2.24, 2.45) is 11.1 Å². The molecule has 6 nitrogen and oxygen atoms in total. The lowest BCUT2D eigenvalue weighted by atomic mass is 9.68. The van der Waals surface area contributed by atoms with Gasteiger partial charge in [-0.3, -0.25) is 9.59 Å². The highest BCUT2D eigenvalue weighted by Gasteiger charge is 2.48. The molecular weight excluding hydrogens is 266 g/mol. The molecule has 112 valence electrons. The maximum atomic E-state index is 11.5. The summed E-state index contributed by atoms with van der Waals surface area (Å²) in [5.41, 5.74) is 5.25. The van der Waals surface area contributed by atoms with Crippen LogP contribution in [0, 0.1) is 5.41 Å². The number of aliphatic hydroxyl groups excluding tert-OH is 1. The molecule has 7 heteroatoms. The summed E-state index contributed by atoms with van der Waals surface area (Å²) in [5, 5.41) is 14.3. The molecule has 0 aromatic heterocycles. The molecule has 2 fully saturated rings. The standard InChI is InChI=1S/C11H19N3O3.CH4.H2S/c12-8(5-15)9(16)14-7-1-3-11(4-2-7)6-13-10(11)17;;/h7-8,15H,1-6,12H2,(H,13,17)(H,14,16);1H4;1H2/t7?,8-,11?;;/m0../s1. The Morgan fingerprint density at radius 2 is 2.11 bits per heavy atom. The molecule has 0 bridgehead atoms. The van der Waals surface area contributed by atoms with E-state index in [1.165, 1.54) is 0 Å². The fraction of sp³-hybridized carbons (Fsp3) is 0.833. The van der Waals surface area contributed by atoms with Crippen molar-refractivity contribution in [2.45, 2.75) is 45.2 Å². The smallest absolute Gasteiger partial charge is 0.239 e. The SMILES string of the molecule is C.N[C@@H](CO)C(=O)NC1CCC2(CC1)CNC2=O.S. The molecule has 2 amide bonds. The van der Waals surface area contributed by atoms with Crippen LogP contribution in [0.5, 0.6) is 0 Å². The first-order valence-electron chi connectivity index (χ1n) is 6.02. The Balaban J connectivity index is 0.00000162. The molecule has 1 atom stereocenters. The highest BCUT2D eigenvalue weighted by Crippen LogP contribution is 2.40. The van der Waals surface area contributed by atoms with E-state index in [9.17, 15) is 9.59 Å². The lowest BCUT2D eigenvalue weighted by Gasteiger charge is -2.45. The van der Waals surface area contributed by atoms with Crippen molar-refractivity contribution in [1.29, 1.82) is 0 Å². The average molecular weight is 291 g/mol. The van der Waals surface area contributed by atoms with Crippen molar-refractivity contribution in [2.75, 3.05) is 13.2 Å². The van der Waals surface area contributed by atoms with Gasteiger partial charge in [0.25, 0.3) is 0 Å². The third-order valence-electron chi connectivity index (χ3n) is 3.89. The normalized spacial score (nSPS) is 30.2. The second-order valence-corrected chi connectivity index (χ2v) is 5.03. The van der Waals surface area contributed by atoms with E-state index in [4.69, 9.17) is 10.8 Å². The van der Waals surface area contributed by atoms with E-state index in [1.807, 2.05) is 0 Å². The Hall–Kier alpha value is -0.790. The molecule has 1 saturated carbocycles. The van der Waals surface area contributed by atoms with Crippen molar-refractivity contribution in [3.05, 3.63) is 0 Å². The van der Waals surface area contributed by atoms with Gasteiger partial charge in [0.2, 0.25) is 11.8 Å². The number of β-lactam (4-membered cyclic amide) rings is 1. The van der Waals surface area contributed by atoms with Crippen molar-refractivity contribution in [3.8, 4) is 0 Å². The number of nitrogens with one attached hydrogen (secondary N) is 2. The van der Waals surface area contributed by atoms with E-state index in [-0.39, 0.29) is 50.8 Å². The predicted molar refractivity (Wildman–Crippen MR) is 78.0 cm³/mol. The zero-order valence-corrected chi connectivity index (χ0v) is 11.2. The fourth-order valence-corrected chi connectivity index (χ4v) is 2.52. The van der Waals surface area contributed by atoms with Crippen LogP contribution < -0.4 is 16.4 Å². The van der Waals surface area contributed by atoms with Crippen molar-refractivity contribution < 1.29 is 14.7 Å². The third kappa shape index (κ3) is 3.61. The quantitative estimate of drug-likeness (QED) is 0.513. The Bertz CT molecular complexity index is 330. The zero-order chi connectivity index (χ0) is 12.5. The van der Waals surface area contributed by atoms with Gasteiger partial charge in [-0.15, -0.1) is 0 Å². The predicted octanol–water partition coefficient (Wildman–Crippen LogP) is -0.770. The number of aliphatic hydroxyl groups is 1. The molecule has 5 N–H and O–H groups in total. The van der Waals surface area contributed by atoms with Crippen LogP contribution in [0.2, 0.25) is 0 Å². The van der Waals surface area contributed by atoms with Crippen LogP contribution in [0.25, 0.3) is 0 Å². The molecule has 0 aromatic rings. The number of amides is 2. The fourth-order valence-electron chi connectivity index (χ4n) is 2.52. The first-order valence-corrected chi connectivity index (χ1v) is 6.02. The van der Waals surface area contributed by atoms with Crippen molar-refractivity contribution in [1.82, 2.24) is 10.6 Å². The maximum Gasteiger partial charge on any atom is 0.239 e. The van der Waals surface area contributed by atoms with Gasteiger partial charge in [0, 0.05) is 12.6 Å². The first kappa shape index (κ1) is 18.2. The van der Waals surface area contributed by atoms with Gasteiger partial charge in [0.1, 0.15) is 6.04 Å². The van der Waals surface area contributed by atoms with Gasteiger partial charge >= 0.3 is 0 Å². The number of carbonyl (C=O) groups is 2. The Morgan fingerprint density at radius 1 is 1.53 bits per heavy atom. The molecule has 0 aromatic carbocycles. The topological polar surface area (TPSA) is 104 Å². The number of hydrogen-bond acceptors (Lipinski definition) is 4. The number of hydrogen-bond donors (Lipinski definition) is 4. The highest BCUT2D eigenvalue weighted by atomic mass is 32.1. The summed E-state index contributed by atoms with van der Waals surface area (Å²) < 4.78 is 0. The van der Waals surface area contributed by atoms with E-state index < -0.39 is 6.04 Å². The molecule has 2 rings (SSSR count). The van der Waals surface area contributed by atoms with Gasteiger partial charge in [-0.05, 0) is 25.7 Å². The van der Waals surface area contributed by atoms with Gasteiger partial charge in [-0.2, -0.15) is 13.5 Å². The van der Waals surface area contributed by atoms with Crippen molar-refractivity contribution in [3.63, 3.8) is 0 Å². The largest absolute Gasteiger partial charge is 0.394 e. The van der Waals surface area contributed by atoms with Gasteiger partial charge in [0.15, 0.2) is 0 Å². The van der Waals surface area contributed by atoms with Crippen LogP contribution in [-0.2, 0) is 9.59 Å². The van der Waals surface area contributed by atoms with Crippen LogP contribution in [-0.4, -0.2) is 42.2 Å². The van der Waals surface area contributed by atoms with Gasteiger partial charge in [-0.1, -0.05) is 7.43 Å². The monoisotopic (exact) mass is 291 g/mol. The second kappa shape index (κ2) is 7.12. The summed E-state index contributed by atoms with van der Waals surface area (Å²) in [6.07, 6.45) is 3.24. The van der Waals surface area contributed by atoms with Crippen LogP contribution in [0.15, 0.2) is 0 Å². The van der Waals surface area contributed by atoms with E-state index >= 15 is 0 Å². The number of nitrogens with two attached hydrogens (primary N) is 1. The van der Waals surface area contributed by atoms with Gasteiger partial charge < -0.3 is 21.5 Å². The Kier molecular flexibility index (Phi) is 6.82. The molecule has 1 saturated heterocycles. The Labute approximate surface area is 120 Å². The number of rotatable bonds is 3. The van der Waals surface area contributed by atoms with Crippen molar-refractivity contribution >= 4 is 25.3 Å². The second-order valence-electron chi connectivity index (χ2n) is 5.03. The zero-order valence-electron chi connectivity index (χ0n) is 10.2. The summed E-state index contributed by atoms with van der Waals surface area (Å²) >= 11 is 0. The minimum absolute atomic E-state index is 0. The Morgan fingerprint density at radius 3 is 2.47 bits per heavy atom. The molecule has 1 spiro atoms. The average Bonchev–Trinajstić information content (AvgIpc) is 2.36. The molecule has 19 heavy (non-hydrogen) atoms. The summed E-state index contributed by atoms with van der Waals surface area (Å²) in [5.74, 6) is -0.166. The highest BCUT2D eigenvalue weighted by molar-refractivity contribution is 7.59. The molecule has 0 radical (unpaired) electrons. The molecule has 0 unspecified atom stereocenters. The molecule has 2 aliphatic rings. The lowest BCUT2D eigenvalue weighted by molar-refractivity contribution is -0.143. The summed E-state index contributed by atoms with van der Waals surface area (Å²) in [4.78, 5) is 22.9. The van der Waals surface area contributed by atoms with E-state index in [1.54, 1.807) is 0 Å². The van der Waals surface area contributed by atoms with Crippen LogP contribution in [0.3, 0.4) is 0 Å². The van der Waals surface area contributed by atoms with E-state index in [0.717, 1.165) is 32.2 Å². The molecule has 1 heterocycles. The molecule has 1 aliphatic carbocycles. The maximum absolute atomic E-state index is 11.5. The van der Waals surface area contributed by atoms with E-state index in [2.05, 4.69) is 10.6 Å². The first-order chi connectivity index (χ1) is 8.07. The summed E-state index contributed by atoms with van der Waals surface area (Å²) in [7, 11) is 0. The minimum atomic E-state index is -0.849. The lowest BCUT2D eigenvalue weighted by Crippen LogP contribution is -2.61. The van der Waals surface area contributed by atoms with Crippen LogP contribution in [0.1, 0.15) is 33.1 Å². The number of carbonyl (C=O) groups excluding carboxylic acids is 2.